The molecule has 0 radical (unpaired) electrons. The quantitative estimate of drug-likeness (QED) is 0.377. The summed E-state index contributed by atoms with van der Waals surface area (Å²) in [6.07, 6.45) is 2.14. The van der Waals surface area contributed by atoms with E-state index in [-0.39, 0.29) is 0 Å². The Balaban J connectivity index is 1.67. The van der Waals surface area contributed by atoms with Crippen LogP contribution in [0.25, 0.3) is 17.1 Å². The van der Waals surface area contributed by atoms with E-state index in [4.69, 9.17) is 4.74 Å². The highest BCUT2D eigenvalue weighted by molar-refractivity contribution is 7.98. The number of benzene rings is 2. The summed E-state index contributed by atoms with van der Waals surface area (Å²) in [5, 5.41) is 21.9. The van der Waals surface area contributed by atoms with Crippen molar-refractivity contribution in [1.29, 1.82) is 0 Å². The fraction of sp³-hybridized carbons (Fsp3) is 0.286. The third-order valence-electron chi connectivity index (χ3n) is 4.64. The fourth-order valence-corrected chi connectivity index (χ4v) is 3.94. The molecule has 0 aliphatic heterocycles. The van der Waals surface area contributed by atoms with Crippen molar-refractivity contribution >= 4 is 11.8 Å². The average Bonchev–Trinajstić information content (AvgIpc) is 3.43. The van der Waals surface area contributed by atoms with E-state index in [1.54, 1.807) is 18.9 Å². The first kappa shape index (κ1) is 20.1. The molecule has 4 rings (SSSR count). The van der Waals surface area contributed by atoms with Crippen LogP contribution in [-0.2, 0) is 12.3 Å². The molecule has 9 heteroatoms. The molecule has 0 amide bonds. The van der Waals surface area contributed by atoms with E-state index in [1.807, 2.05) is 59.3 Å². The summed E-state index contributed by atoms with van der Waals surface area (Å²) in [4.78, 5) is 0. The first-order valence-corrected chi connectivity index (χ1v) is 10.8. The number of aromatic nitrogens is 7. The number of hydrogen-bond acceptors (Lipinski definition) is 7. The Morgan fingerprint density at radius 2 is 1.87 bits per heavy atom. The molecule has 0 fully saturated rings. The van der Waals surface area contributed by atoms with Crippen LogP contribution < -0.4 is 4.74 Å². The normalized spacial score (nSPS) is 11.0. The van der Waals surface area contributed by atoms with Gasteiger partial charge in [0.15, 0.2) is 16.8 Å². The van der Waals surface area contributed by atoms with Crippen LogP contribution in [-0.4, -0.2) is 42.1 Å². The van der Waals surface area contributed by atoms with Crippen LogP contribution >= 0.6 is 11.8 Å². The summed E-state index contributed by atoms with van der Waals surface area (Å²) < 4.78 is 9.30. The molecule has 4 aromatic rings. The lowest BCUT2D eigenvalue weighted by Crippen LogP contribution is -2.05. The first-order valence-electron chi connectivity index (χ1n) is 9.83. The minimum atomic E-state index is 0.611. The number of para-hydroxylation sites is 1. The van der Waals surface area contributed by atoms with Crippen molar-refractivity contribution < 1.29 is 4.74 Å². The van der Waals surface area contributed by atoms with Gasteiger partial charge in [0.25, 0.3) is 0 Å². The van der Waals surface area contributed by atoms with Crippen molar-refractivity contribution in [1.82, 2.24) is 35.0 Å². The topological polar surface area (TPSA) is 83.5 Å². The van der Waals surface area contributed by atoms with Crippen LogP contribution in [0.3, 0.4) is 0 Å². The van der Waals surface area contributed by atoms with Gasteiger partial charge in [0.2, 0.25) is 0 Å². The number of rotatable bonds is 9. The van der Waals surface area contributed by atoms with Gasteiger partial charge in [-0.2, -0.15) is 0 Å². The third-order valence-corrected chi connectivity index (χ3v) is 5.56. The Bertz CT molecular complexity index is 1090. The summed E-state index contributed by atoms with van der Waals surface area (Å²) in [5.41, 5.74) is 1.93. The first-order chi connectivity index (χ1) is 14.8. The lowest BCUT2D eigenvalue weighted by Gasteiger charge is -2.11. The van der Waals surface area contributed by atoms with E-state index in [9.17, 15) is 0 Å². The minimum Gasteiger partial charge on any atom is -0.497 e. The summed E-state index contributed by atoms with van der Waals surface area (Å²) in [5.74, 6) is 2.98. The number of aryl methyl sites for hydroxylation is 1. The molecule has 2 aromatic carbocycles. The number of thioether (sulfide) groups is 1. The van der Waals surface area contributed by atoms with Gasteiger partial charge in [-0.25, -0.2) is 4.68 Å². The second-order valence-corrected chi connectivity index (χ2v) is 7.61. The van der Waals surface area contributed by atoms with E-state index < -0.39 is 0 Å². The molecule has 8 nitrogen and oxygen atoms in total. The molecule has 0 aliphatic carbocycles. The lowest BCUT2D eigenvalue weighted by atomic mass is 10.2. The van der Waals surface area contributed by atoms with Gasteiger partial charge in [-0.1, -0.05) is 55.4 Å². The molecule has 2 aromatic heterocycles. The van der Waals surface area contributed by atoms with Crippen molar-refractivity contribution in [3.63, 3.8) is 0 Å². The zero-order valence-electron chi connectivity index (χ0n) is 17.0. The van der Waals surface area contributed by atoms with Crippen molar-refractivity contribution in [2.45, 2.75) is 37.2 Å². The molecule has 2 heterocycles. The predicted molar refractivity (Wildman–Crippen MR) is 116 cm³/mol. The second kappa shape index (κ2) is 9.53. The largest absolute Gasteiger partial charge is 0.497 e. The molecule has 0 unspecified atom stereocenters. The van der Waals surface area contributed by atoms with Crippen LogP contribution in [0.4, 0.5) is 0 Å². The van der Waals surface area contributed by atoms with E-state index in [1.165, 1.54) is 0 Å². The third kappa shape index (κ3) is 4.35. The van der Waals surface area contributed by atoms with E-state index in [0.29, 0.717) is 5.75 Å². The number of hydrogen-bond donors (Lipinski definition) is 0. The molecule has 0 N–H and O–H groups in total. The molecule has 30 heavy (non-hydrogen) atoms. The Morgan fingerprint density at radius 3 is 2.67 bits per heavy atom. The van der Waals surface area contributed by atoms with Gasteiger partial charge in [0.1, 0.15) is 5.75 Å². The van der Waals surface area contributed by atoms with Gasteiger partial charge in [-0.05, 0) is 41.1 Å². The van der Waals surface area contributed by atoms with Gasteiger partial charge < -0.3 is 4.74 Å². The number of methoxy groups -OCH3 is 1. The smallest absolute Gasteiger partial charge is 0.196 e. The zero-order chi connectivity index (χ0) is 20.8. The molecule has 0 spiro atoms. The monoisotopic (exact) mass is 421 g/mol. The van der Waals surface area contributed by atoms with Gasteiger partial charge in [-0.3, -0.25) is 4.57 Å². The molecule has 0 bridgehead atoms. The van der Waals surface area contributed by atoms with Gasteiger partial charge >= 0.3 is 0 Å². The highest BCUT2D eigenvalue weighted by Gasteiger charge is 2.18. The highest BCUT2D eigenvalue weighted by atomic mass is 32.2. The summed E-state index contributed by atoms with van der Waals surface area (Å²) in [6.45, 7) is 2.97. The fourth-order valence-electron chi connectivity index (χ4n) is 3.06. The van der Waals surface area contributed by atoms with Crippen molar-refractivity contribution in [3.8, 4) is 22.8 Å². The molecule has 0 saturated heterocycles. The average molecular weight is 422 g/mol. The second-order valence-electron chi connectivity index (χ2n) is 6.67. The molecule has 0 aliphatic rings. The van der Waals surface area contributed by atoms with Crippen LogP contribution in [0, 0.1) is 0 Å². The maximum absolute atomic E-state index is 5.38. The van der Waals surface area contributed by atoms with Crippen LogP contribution in [0.1, 0.15) is 25.6 Å². The Kier molecular flexibility index (Phi) is 6.38. The van der Waals surface area contributed by atoms with Gasteiger partial charge in [0, 0.05) is 17.8 Å². The molecular weight excluding hydrogens is 398 g/mol. The van der Waals surface area contributed by atoms with Gasteiger partial charge in [0.05, 0.1) is 12.9 Å². The standard InChI is InChI=1S/C21H23N7OS/c1-3-4-13-27-19(22-25-26-27)15-30-21-24-23-20(16-9-8-12-18(14-16)29-2)28(21)17-10-6-5-7-11-17/h5-12,14H,3-4,13,15H2,1-2H3. The minimum absolute atomic E-state index is 0.611. The SMILES string of the molecule is CCCCn1nnnc1CSc1nnc(-c2cccc(OC)c2)n1-c1ccccc1. The summed E-state index contributed by atoms with van der Waals surface area (Å²) in [6, 6.07) is 17.9. The highest BCUT2D eigenvalue weighted by Crippen LogP contribution is 2.30. The Labute approximate surface area is 179 Å². The maximum atomic E-state index is 5.38. The number of ether oxygens (including phenoxy) is 1. The van der Waals surface area contributed by atoms with Crippen LogP contribution in [0.2, 0.25) is 0 Å². The number of unbranched alkanes of at least 4 members (excludes halogenated alkanes) is 1. The lowest BCUT2D eigenvalue weighted by molar-refractivity contribution is 0.415. The molecule has 0 atom stereocenters. The maximum Gasteiger partial charge on any atom is 0.196 e. The molecule has 0 saturated carbocycles. The van der Waals surface area contributed by atoms with Gasteiger partial charge in [-0.15, -0.1) is 15.3 Å². The Morgan fingerprint density at radius 1 is 1.00 bits per heavy atom. The number of nitrogens with zero attached hydrogens (tertiary/aromatic N) is 7. The Hall–Kier alpha value is -3.20. The molecule has 154 valence electrons. The van der Waals surface area contributed by atoms with Crippen molar-refractivity contribution in [2.75, 3.05) is 7.11 Å². The van der Waals surface area contributed by atoms with Crippen molar-refractivity contribution in [3.05, 3.63) is 60.4 Å². The number of tetrazole rings is 1. The van der Waals surface area contributed by atoms with E-state index in [2.05, 4.69) is 37.2 Å². The molecular formula is C21H23N7OS. The predicted octanol–water partition coefficient (Wildman–Crippen LogP) is 4.02. The summed E-state index contributed by atoms with van der Waals surface area (Å²) >= 11 is 1.57. The van der Waals surface area contributed by atoms with E-state index >= 15 is 0 Å². The van der Waals surface area contributed by atoms with Crippen molar-refractivity contribution in [2.24, 2.45) is 0 Å². The van der Waals surface area contributed by atoms with Crippen LogP contribution in [0.5, 0.6) is 5.75 Å². The van der Waals surface area contributed by atoms with E-state index in [0.717, 1.165) is 53.2 Å². The van der Waals surface area contributed by atoms with Crippen LogP contribution in [0.15, 0.2) is 59.8 Å². The summed E-state index contributed by atoms with van der Waals surface area (Å²) in [7, 11) is 1.66. The zero-order valence-corrected chi connectivity index (χ0v) is 17.8.